The molecule has 0 saturated heterocycles. The number of H-pyrrole nitrogens is 1. The summed E-state index contributed by atoms with van der Waals surface area (Å²) in [6, 6.07) is 2.80. The summed E-state index contributed by atoms with van der Waals surface area (Å²) in [6.45, 7) is 2.15. The number of aromatic amines is 1. The first kappa shape index (κ1) is 10.6. The van der Waals surface area contributed by atoms with Gasteiger partial charge < -0.3 is 10.1 Å². The van der Waals surface area contributed by atoms with Crippen molar-refractivity contribution in [2.45, 2.75) is 44.4 Å². The van der Waals surface area contributed by atoms with Crippen LogP contribution in [0.2, 0.25) is 0 Å². The Hall–Kier alpha value is -0.870. The smallest absolute Gasteiger partial charge is 0.0724 e. The van der Waals surface area contributed by atoms with Crippen LogP contribution in [0.4, 0.5) is 0 Å². The highest BCUT2D eigenvalue weighted by atomic mass is 16.5. The van der Waals surface area contributed by atoms with Crippen LogP contribution in [-0.2, 0) is 4.74 Å². The molecule has 0 amide bonds. The maximum absolute atomic E-state index is 5.45. The van der Waals surface area contributed by atoms with Gasteiger partial charge in [0, 0.05) is 25.4 Å². The molecule has 1 fully saturated rings. The molecule has 0 spiro atoms. The van der Waals surface area contributed by atoms with E-state index in [4.69, 9.17) is 4.74 Å². The first-order valence-electron chi connectivity index (χ1n) is 5.59. The Balaban J connectivity index is 1.91. The molecule has 3 atom stereocenters. The van der Waals surface area contributed by atoms with Gasteiger partial charge in [0.2, 0.25) is 0 Å². The number of hydrogen-bond acceptors (Lipinski definition) is 3. The van der Waals surface area contributed by atoms with E-state index in [1.165, 1.54) is 19.3 Å². The Morgan fingerprint density at radius 1 is 1.60 bits per heavy atom. The summed E-state index contributed by atoms with van der Waals surface area (Å²) in [4.78, 5) is 0. The number of nitrogens with zero attached hydrogens (tertiary/aromatic N) is 1. The molecule has 1 aliphatic rings. The second-order valence-electron chi connectivity index (χ2n) is 4.21. The van der Waals surface area contributed by atoms with Gasteiger partial charge >= 0.3 is 0 Å². The third-order valence-corrected chi connectivity index (χ3v) is 3.21. The molecule has 4 heteroatoms. The Bertz CT molecular complexity index is 286. The van der Waals surface area contributed by atoms with Crippen molar-refractivity contribution >= 4 is 0 Å². The molecule has 15 heavy (non-hydrogen) atoms. The van der Waals surface area contributed by atoms with Gasteiger partial charge in [-0.25, -0.2) is 0 Å². The van der Waals surface area contributed by atoms with Crippen molar-refractivity contribution in [3.05, 3.63) is 18.0 Å². The van der Waals surface area contributed by atoms with Gasteiger partial charge in [0.25, 0.3) is 0 Å². The van der Waals surface area contributed by atoms with Crippen LogP contribution < -0.4 is 5.32 Å². The average molecular weight is 209 g/mol. The first-order chi connectivity index (χ1) is 7.31. The van der Waals surface area contributed by atoms with Crippen LogP contribution in [0.3, 0.4) is 0 Å². The van der Waals surface area contributed by atoms with E-state index < -0.39 is 0 Å². The normalized spacial score (nSPS) is 28.1. The van der Waals surface area contributed by atoms with Crippen molar-refractivity contribution in [3.8, 4) is 0 Å². The van der Waals surface area contributed by atoms with Crippen LogP contribution in [0.1, 0.15) is 37.9 Å². The lowest BCUT2D eigenvalue weighted by Crippen LogP contribution is -2.38. The van der Waals surface area contributed by atoms with E-state index in [0.717, 1.165) is 5.69 Å². The summed E-state index contributed by atoms with van der Waals surface area (Å²) >= 11 is 0. The van der Waals surface area contributed by atoms with Gasteiger partial charge in [-0.3, -0.25) is 5.10 Å². The van der Waals surface area contributed by atoms with Gasteiger partial charge in [-0.05, 0) is 32.3 Å². The Morgan fingerprint density at radius 2 is 2.47 bits per heavy atom. The minimum absolute atomic E-state index is 0.313. The van der Waals surface area contributed by atoms with E-state index in [-0.39, 0.29) is 0 Å². The first-order valence-corrected chi connectivity index (χ1v) is 5.59. The fourth-order valence-electron chi connectivity index (χ4n) is 2.32. The third kappa shape index (κ3) is 2.38. The lowest BCUT2D eigenvalue weighted by Gasteiger charge is -2.23. The summed E-state index contributed by atoms with van der Waals surface area (Å²) in [5, 5.41) is 10.5. The van der Waals surface area contributed by atoms with Crippen LogP contribution >= 0.6 is 0 Å². The van der Waals surface area contributed by atoms with E-state index >= 15 is 0 Å². The molecule has 1 saturated carbocycles. The van der Waals surface area contributed by atoms with Crippen LogP contribution in [0, 0.1) is 0 Å². The second kappa shape index (κ2) is 4.77. The molecule has 1 heterocycles. The number of ether oxygens (including phenoxy) is 1. The lowest BCUT2D eigenvalue weighted by molar-refractivity contribution is 0.0818. The maximum atomic E-state index is 5.45. The van der Waals surface area contributed by atoms with E-state index in [1.807, 2.05) is 6.07 Å². The Morgan fingerprint density at radius 3 is 3.13 bits per heavy atom. The zero-order valence-corrected chi connectivity index (χ0v) is 9.36. The third-order valence-electron chi connectivity index (χ3n) is 3.21. The SMILES string of the molecule is COC1CCCC1NC(C)c1ccn[nH]1. The lowest BCUT2D eigenvalue weighted by atomic mass is 10.1. The minimum Gasteiger partial charge on any atom is -0.380 e. The van der Waals surface area contributed by atoms with E-state index in [1.54, 1.807) is 13.3 Å². The summed E-state index contributed by atoms with van der Waals surface area (Å²) in [7, 11) is 1.80. The molecule has 84 valence electrons. The topological polar surface area (TPSA) is 49.9 Å². The Labute approximate surface area is 90.4 Å². The summed E-state index contributed by atoms with van der Waals surface area (Å²) in [5.41, 5.74) is 1.14. The Kier molecular flexibility index (Phi) is 3.38. The van der Waals surface area contributed by atoms with Crippen molar-refractivity contribution in [1.29, 1.82) is 0 Å². The largest absolute Gasteiger partial charge is 0.380 e. The highest BCUT2D eigenvalue weighted by Gasteiger charge is 2.28. The molecule has 0 aromatic carbocycles. The zero-order chi connectivity index (χ0) is 10.7. The fraction of sp³-hybridized carbons (Fsp3) is 0.727. The minimum atomic E-state index is 0.313. The maximum Gasteiger partial charge on any atom is 0.0724 e. The number of rotatable bonds is 4. The van der Waals surface area contributed by atoms with Gasteiger partial charge in [-0.1, -0.05) is 0 Å². The number of nitrogens with one attached hydrogen (secondary N) is 2. The summed E-state index contributed by atoms with van der Waals surface area (Å²) in [6.07, 6.45) is 5.79. The highest BCUT2D eigenvalue weighted by Crippen LogP contribution is 2.23. The molecule has 2 N–H and O–H groups in total. The van der Waals surface area contributed by atoms with Crippen molar-refractivity contribution < 1.29 is 4.74 Å². The molecule has 3 unspecified atom stereocenters. The van der Waals surface area contributed by atoms with Crippen LogP contribution in [0.5, 0.6) is 0 Å². The molecule has 1 aliphatic carbocycles. The van der Waals surface area contributed by atoms with Gasteiger partial charge in [0.05, 0.1) is 11.8 Å². The average Bonchev–Trinajstić information content (AvgIpc) is 2.87. The summed E-state index contributed by atoms with van der Waals surface area (Å²) in [5.74, 6) is 0. The van der Waals surface area contributed by atoms with Crippen molar-refractivity contribution in [1.82, 2.24) is 15.5 Å². The van der Waals surface area contributed by atoms with Gasteiger partial charge in [-0.2, -0.15) is 5.10 Å². The molecular weight excluding hydrogens is 190 g/mol. The number of methoxy groups -OCH3 is 1. The molecule has 4 nitrogen and oxygen atoms in total. The van der Waals surface area contributed by atoms with Crippen LogP contribution in [0.15, 0.2) is 12.3 Å². The van der Waals surface area contributed by atoms with Gasteiger partial charge in [0.1, 0.15) is 0 Å². The second-order valence-corrected chi connectivity index (χ2v) is 4.21. The van der Waals surface area contributed by atoms with E-state index in [9.17, 15) is 0 Å². The van der Waals surface area contributed by atoms with Crippen molar-refractivity contribution in [2.24, 2.45) is 0 Å². The monoisotopic (exact) mass is 209 g/mol. The molecule has 0 aliphatic heterocycles. The molecule has 0 bridgehead atoms. The quantitative estimate of drug-likeness (QED) is 0.792. The zero-order valence-electron chi connectivity index (χ0n) is 9.36. The van der Waals surface area contributed by atoms with Crippen molar-refractivity contribution in [2.75, 3.05) is 7.11 Å². The molecule has 0 radical (unpaired) electrons. The van der Waals surface area contributed by atoms with Crippen molar-refractivity contribution in [3.63, 3.8) is 0 Å². The molecule has 1 aromatic heterocycles. The fourth-order valence-corrected chi connectivity index (χ4v) is 2.32. The summed E-state index contributed by atoms with van der Waals surface area (Å²) < 4.78 is 5.45. The molecule has 2 rings (SSSR count). The molecule has 1 aromatic rings. The number of hydrogen-bond donors (Lipinski definition) is 2. The van der Waals surface area contributed by atoms with Crippen LogP contribution in [-0.4, -0.2) is 29.5 Å². The predicted molar refractivity (Wildman–Crippen MR) is 58.6 cm³/mol. The molecular formula is C11H19N3O. The number of aromatic nitrogens is 2. The van der Waals surface area contributed by atoms with Gasteiger partial charge in [-0.15, -0.1) is 0 Å². The predicted octanol–water partition coefficient (Wildman–Crippen LogP) is 1.63. The van der Waals surface area contributed by atoms with E-state index in [0.29, 0.717) is 18.2 Å². The van der Waals surface area contributed by atoms with E-state index in [2.05, 4.69) is 22.4 Å². The standard InChI is InChI=1S/C11H19N3O/c1-8(9-6-7-12-14-9)13-10-4-3-5-11(10)15-2/h6-8,10-11,13H,3-5H2,1-2H3,(H,12,14). The van der Waals surface area contributed by atoms with Gasteiger partial charge in [0.15, 0.2) is 0 Å². The van der Waals surface area contributed by atoms with Crippen LogP contribution in [0.25, 0.3) is 0 Å². The highest BCUT2D eigenvalue weighted by molar-refractivity contribution is 5.04.